The molecule has 0 bridgehead atoms. The van der Waals surface area contributed by atoms with Crippen molar-refractivity contribution < 1.29 is 0 Å². The highest BCUT2D eigenvalue weighted by Gasteiger charge is 2.34. The van der Waals surface area contributed by atoms with Crippen LogP contribution < -0.4 is 4.90 Å². The zero-order valence-corrected chi connectivity index (χ0v) is 30.4. The van der Waals surface area contributed by atoms with Crippen molar-refractivity contribution in [2.75, 3.05) is 4.90 Å². The van der Waals surface area contributed by atoms with E-state index in [1.165, 1.54) is 136 Å². The van der Waals surface area contributed by atoms with Crippen LogP contribution in [0.1, 0.15) is 93.2 Å². The predicted octanol–water partition coefficient (Wildman–Crippen LogP) is 14.9. The molecule has 0 radical (unpaired) electrons. The van der Waals surface area contributed by atoms with Crippen LogP contribution in [0.5, 0.6) is 0 Å². The molecule has 2 heteroatoms. The first-order valence-corrected chi connectivity index (χ1v) is 20.2. The van der Waals surface area contributed by atoms with Gasteiger partial charge in [0.2, 0.25) is 0 Å². The fraction of sp³-hybridized carbons (Fsp3) is 0.265. The molecular weight excluding hydrogens is 635 g/mol. The first kappa shape index (κ1) is 32.3. The number of benzene rings is 6. The summed E-state index contributed by atoms with van der Waals surface area (Å²) in [4.78, 5) is 2.49. The summed E-state index contributed by atoms with van der Waals surface area (Å²) >= 11 is 1.90. The summed E-state index contributed by atoms with van der Waals surface area (Å²) in [5, 5.41) is 2.68. The van der Waals surface area contributed by atoms with Crippen molar-refractivity contribution in [3.63, 3.8) is 0 Å². The van der Waals surface area contributed by atoms with Crippen molar-refractivity contribution in [2.24, 2.45) is 0 Å². The summed E-state index contributed by atoms with van der Waals surface area (Å²) in [5.41, 5.74) is 10.7. The summed E-state index contributed by atoms with van der Waals surface area (Å²) in [5.74, 6) is 0.694. The Labute approximate surface area is 307 Å². The molecule has 9 rings (SSSR count). The van der Waals surface area contributed by atoms with Crippen LogP contribution in [0.2, 0.25) is 0 Å². The molecule has 1 aromatic heterocycles. The lowest BCUT2D eigenvalue weighted by Gasteiger charge is -2.35. The Morgan fingerprint density at radius 1 is 0.490 bits per heavy atom. The van der Waals surface area contributed by atoms with Crippen LogP contribution in [-0.2, 0) is 5.41 Å². The Balaban J connectivity index is 1.17. The third kappa shape index (κ3) is 6.19. The number of rotatable bonds is 7. The van der Waals surface area contributed by atoms with E-state index in [0.29, 0.717) is 5.92 Å². The summed E-state index contributed by atoms with van der Waals surface area (Å²) in [6, 6.07) is 55.4. The summed E-state index contributed by atoms with van der Waals surface area (Å²) in [6.07, 6.45) is 14.4. The lowest BCUT2D eigenvalue weighted by atomic mass is 9.69. The number of fused-ring (bicyclic) bond motifs is 3. The average molecular weight is 682 g/mol. The molecule has 2 aliphatic rings. The van der Waals surface area contributed by atoms with Crippen molar-refractivity contribution >= 4 is 48.6 Å². The van der Waals surface area contributed by atoms with E-state index in [1.54, 1.807) is 0 Å². The molecule has 0 aliphatic heterocycles. The van der Waals surface area contributed by atoms with E-state index in [-0.39, 0.29) is 5.41 Å². The molecule has 0 amide bonds. The molecule has 1 nitrogen and oxygen atoms in total. The molecule has 0 N–H and O–H groups in total. The number of thiophene rings is 1. The number of nitrogens with zero attached hydrogens (tertiary/aromatic N) is 1. The second-order valence-electron chi connectivity index (χ2n) is 15.0. The first-order valence-electron chi connectivity index (χ1n) is 19.3. The average Bonchev–Trinajstić information content (AvgIpc) is 3.39. The van der Waals surface area contributed by atoms with Gasteiger partial charge < -0.3 is 4.90 Å². The van der Waals surface area contributed by atoms with Crippen molar-refractivity contribution in [3.05, 3.63) is 162 Å². The molecule has 0 spiro atoms. The van der Waals surface area contributed by atoms with E-state index in [1.807, 2.05) is 11.3 Å². The van der Waals surface area contributed by atoms with Gasteiger partial charge in [0.25, 0.3) is 0 Å². The van der Waals surface area contributed by atoms with Gasteiger partial charge in [-0.1, -0.05) is 142 Å². The lowest BCUT2D eigenvalue weighted by molar-refractivity contribution is 0.443. The Hall–Kier alpha value is -4.66. The molecule has 2 aliphatic carbocycles. The van der Waals surface area contributed by atoms with Crippen LogP contribution in [0, 0.1) is 0 Å². The molecule has 0 unspecified atom stereocenters. The molecule has 51 heavy (non-hydrogen) atoms. The minimum atomic E-state index is 0.0745. The standard InChI is InChI=1S/C49H47NS/c1-2-13-34-49(33-12-1,39-19-10-5-11-20-39)40-25-29-42(30-26-40)50(41-27-23-37(24-28-41)36-15-6-3-7-16-36)43-31-32-46-45(35-43)48-44(21-14-22-47(48)51-46)38-17-8-4-9-18-38/h4-5,8-11,14,17-32,35-36H,1-3,6-7,12-13,15-16,33-34H2. The molecule has 0 saturated heterocycles. The van der Waals surface area contributed by atoms with Gasteiger partial charge in [0.15, 0.2) is 0 Å². The molecule has 254 valence electrons. The van der Waals surface area contributed by atoms with Gasteiger partial charge in [0, 0.05) is 42.6 Å². The van der Waals surface area contributed by atoms with E-state index >= 15 is 0 Å². The van der Waals surface area contributed by atoms with Crippen molar-refractivity contribution in [1.29, 1.82) is 0 Å². The number of hydrogen-bond donors (Lipinski definition) is 0. The van der Waals surface area contributed by atoms with Gasteiger partial charge in [0.05, 0.1) is 0 Å². The normalized spacial score (nSPS) is 16.6. The summed E-state index contributed by atoms with van der Waals surface area (Å²) in [6.45, 7) is 0. The maximum absolute atomic E-state index is 2.49. The van der Waals surface area contributed by atoms with Crippen molar-refractivity contribution in [2.45, 2.75) is 82.0 Å². The Kier molecular flexibility index (Phi) is 8.96. The third-order valence-corrected chi connectivity index (χ3v) is 13.1. The predicted molar refractivity (Wildman–Crippen MR) is 220 cm³/mol. The first-order chi connectivity index (χ1) is 25.3. The second-order valence-corrected chi connectivity index (χ2v) is 16.1. The Bertz CT molecular complexity index is 2220. The van der Waals surface area contributed by atoms with Crippen LogP contribution in [0.3, 0.4) is 0 Å². The maximum Gasteiger partial charge on any atom is 0.0468 e. The van der Waals surface area contributed by atoms with Crippen LogP contribution >= 0.6 is 11.3 Å². The van der Waals surface area contributed by atoms with Crippen molar-refractivity contribution in [3.8, 4) is 11.1 Å². The zero-order chi connectivity index (χ0) is 34.0. The monoisotopic (exact) mass is 681 g/mol. The van der Waals surface area contributed by atoms with E-state index < -0.39 is 0 Å². The van der Waals surface area contributed by atoms with Crippen LogP contribution in [0.25, 0.3) is 31.3 Å². The minimum absolute atomic E-state index is 0.0745. The molecule has 2 saturated carbocycles. The number of hydrogen-bond acceptors (Lipinski definition) is 2. The van der Waals surface area contributed by atoms with E-state index in [0.717, 1.165) is 0 Å². The Morgan fingerprint density at radius 2 is 1.10 bits per heavy atom. The fourth-order valence-electron chi connectivity index (χ4n) is 9.35. The zero-order valence-electron chi connectivity index (χ0n) is 29.6. The number of anilines is 3. The van der Waals surface area contributed by atoms with Crippen molar-refractivity contribution in [1.82, 2.24) is 0 Å². The van der Waals surface area contributed by atoms with Crippen LogP contribution in [0.15, 0.2) is 146 Å². The van der Waals surface area contributed by atoms with Gasteiger partial charge in [-0.25, -0.2) is 0 Å². The van der Waals surface area contributed by atoms with Gasteiger partial charge in [-0.05, 0) is 108 Å². The topological polar surface area (TPSA) is 3.24 Å². The summed E-state index contributed by atoms with van der Waals surface area (Å²) < 4.78 is 2.67. The maximum atomic E-state index is 2.49. The minimum Gasteiger partial charge on any atom is -0.310 e. The molecule has 1 heterocycles. The van der Waals surface area contributed by atoms with E-state index in [9.17, 15) is 0 Å². The fourth-order valence-corrected chi connectivity index (χ4v) is 10.5. The lowest BCUT2D eigenvalue weighted by Crippen LogP contribution is -2.27. The second kappa shape index (κ2) is 14.2. The van der Waals surface area contributed by atoms with Gasteiger partial charge in [-0.15, -0.1) is 11.3 Å². The molecule has 6 aromatic carbocycles. The molecule has 2 fully saturated rings. The van der Waals surface area contributed by atoms with E-state index in [4.69, 9.17) is 0 Å². The highest BCUT2D eigenvalue weighted by Crippen LogP contribution is 2.47. The third-order valence-electron chi connectivity index (χ3n) is 12.0. The van der Waals surface area contributed by atoms with Gasteiger partial charge >= 0.3 is 0 Å². The molecule has 0 atom stereocenters. The molecule has 7 aromatic rings. The van der Waals surface area contributed by atoms with E-state index in [2.05, 4.69) is 150 Å². The van der Waals surface area contributed by atoms with Crippen LogP contribution in [0.4, 0.5) is 17.1 Å². The van der Waals surface area contributed by atoms with Gasteiger partial charge in [0.1, 0.15) is 0 Å². The molecular formula is C49H47NS. The largest absolute Gasteiger partial charge is 0.310 e. The van der Waals surface area contributed by atoms with Gasteiger partial charge in [-0.2, -0.15) is 0 Å². The van der Waals surface area contributed by atoms with Gasteiger partial charge in [-0.3, -0.25) is 0 Å². The van der Waals surface area contributed by atoms with Crippen LogP contribution in [-0.4, -0.2) is 0 Å². The SMILES string of the molecule is c1ccc(-c2cccc3sc4ccc(N(c5ccc(C6CCCCC6)cc5)c5ccc(C6(c7ccccc7)CCCCCC6)cc5)cc4c23)cc1. The quantitative estimate of drug-likeness (QED) is 0.151. The Morgan fingerprint density at radius 3 is 1.80 bits per heavy atom. The smallest absolute Gasteiger partial charge is 0.0468 e. The summed E-state index contributed by atoms with van der Waals surface area (Å²) in [7, 11) is 0. The highest BCUT2D eigenvalue weighted by atomic mass is 32.1. The highest BCUT2D eigenvalue weighted by molar-refractivity contribution is 7.26.